The van der Waals surface area contributed by atoms with E-state index in [0.717, 1.165) is 11.3 Å². The van der Waals surface area contributed by atoms with Gasteiger partial charge in [0.25, 0.3) is 0 Å². The van der Waals surface area contributed by atoms with Crippen molar-refractivity contribution in [2.75, 3.05) is 20.8 Å². The van der Waals surface area contributed by atoms with Gasteiger partial charge >= 0.3 is 6.18 Å². The Morgan fingerprint density at radius 3 is 2.48 bits per heavy atom. The minimum atomic E-state index is -4.41. The van der Waals surface area contributed by atoms with E-state index in [1.54, 1.807) is 19.2 Å². The Morgan fingerprint density at radius 1 is 1.17 bits per heavy atom. The summed E-state index contributed by atoms with van der Waals surface area (Å²) in [6.45, 7) is 3.47. The average Bonchev–Trinajstić information content (AvgIpc) is 3.15. The molecule has 0 aliphatic rings. The van der Waals surface area contributed by atoms with E-state index in [1.165, 1.54) is 13.2 Å². The van der Waals surface area contributed by atoms with Crippen LogP contribution < -0.4 is 20.1 Å². The zero-order valence-corrected chi connectivity index (χ0v) is 16.8. The van der Waals surface area contributed by atoms with Gasteiger partial charge in [0.15, 0.2) is 29.8 Å². The van der Waals surface area contributed by atoms with E-state index in [4.69, 9.17) is 14.0 Å². The Bertz CT molecular complexity index is 819. The van der Waals surface area contributed by atoms with Crippen molar-refractivity contribution in [3.8, 4) is 11.5 Å². The monoisotopic (exact) mass is 414 g/mol. The van der Waals surface area contributed by atoms with Gasteiger partial charge in [0.05, 0.1) is 19.3 Å². The van der Waals surface area contributed by atoms with Crippen LogP contribution in [0.2, 0.25) is 0 Å². The fourth-order valence-corrected chi connectivity index (χ4v) is 2.36. The number of nitrogens with zero attached hydrogens (tertiary/aromatic N) is 2. The molecule has 0 amide bonds. The number of hydrogen-bond acceptors (Lipinski definition) is 5. The molecule has 7 nitrogen and oxygen atoms in total. The minimum Gasteiger partial charge on any atom is -0.493 e. The third-order valence-corrected chi connectivity index (χ3v) is 3.90. The predicted octanol–water partition coefficient (Wildman–Crippen LogP) is 3.61. The van der Waals surface area contributed by atoms with Crippen molar-refractivity contribution in [1.29, 1.82) is 0 Å². The first-order valence-corrected chi connectivity index (χ1v) is 8.98. The van der Waals surface area contributed by atoms with Crippen LogP contribution in [0.3, 0.4) is 0 Å². The van der Waals surface area contributed by atoms with Crippen molar-refractivity contribution in [2.45, 2.75) is 39.0 Å². The van der Waals surface area contributed by atoms with Gasteiger partial charge in [0.1, 0.15) is 0 Å². The summed E-state index contributed by atoms with van der Waals surface area (Å²) in [6.07, 6.45) is -4.41. The summed E-state index contributed by atoms with van der Waals surface area (Å²) in [5, 5.41) is 10.2. The van der Waals surface area contributed by atoms with Crippen LogP contribution in [0.1, 0.15) is 36.8 Å². The third kappa shape index (κ3) is 7.20. The van der Waals surface area contributed by atoms with Crippen LogP contribution in [-0.2, 0) is 13.1 Å². The lowest BCUT2D eigenvalue weighted by atomic mass is 10.1. The summed E-state index contributed by atoms with van der Waals surface area (Å²) in [5.74, 6) is 1.75. The number of hydrogen-bond donors (Lipinski definition) is 2. The first kappa shape index (κ1) is 22.4. The molecular weight excluding hydrogens is 389 g/mol. The highest BCUT2D eigenvalue weighted by atomic mass is 19.4. The third-order valence-electron chi connectivity index (χ3n) is 3.90. The van der Waals surface area contributed by atoms with Gasteiger partial charge in [0, 0.05) is 19.7 Å². The zero-order chi connectivity index (χ0) is 21.4. The van der Waals surface area contributed by atoms with E-state index < -0.39 is 12.8 Å². The van der Waals surface area contributed by atoms with Crippen LogP contribution in [0.25, 0.3) is 0 Å². The van der Waals surface area contributed by atoms with Crippen molar-refractivity contribution < 1.29 is 27.2 Å². The van der Waals surface area contributed by atoms with Crippen LogP contribution in [0, 0.1) is 0 Å². The zero-order valence-electron chi connectivity index (χ0n) is 16.8. The van der Waals surface area contributed by atoms with E-state index in [9.17, 15) is 13.2 Å². The Balaban J connectivity index is 1.91. The van der Waals surface area contributed by atoms with Gasteiger partial charge < -0.3 is 24.6 Å². The molecule has 0 bridgehead atoms. The molecule has 2 N–H and O–H groups in total. The summed E-state index contributed by atoms with van der Waals surface area (Å²) >= 11 is 0. The maximum Gasteiger partial charge on any atom is 0.422 e. The van der Waals surface area contributed by atoms with Gasteiger partial charge in [-0.15, -0.1) is 0 Å². The lowest BCUT2D eigenvalue weighted by Crippen LogP contribution is -2.36. The first-order valence-electron chi connectivity index (χ1n) is 8.98. The molecule has 0 atom stereocenters. The standard InChI is InChI=1S/C19H25F3N4O3/c1-12(2)15-8-14(29-26-15)10-25-18(23-3)24-9-13-5-6-16(17(7-13)27-4)28-11-19(20,21)22/h5-8,12H,9-11H2,1-4H3,(H2,23,24,25). The van der Waals surface area contributed by atoms with E-state index in [0.29, 0.717) is 24.8 Å². The lowest BCUT2D eigenvalue weighted by molar-refractivity contribution is -0.153. The fourth-order valence-electron chi connectivity index (χ4n) is 2.36. The maximum absolute atomic E-state index is 12.3. The van der Waals surface area contributed by atoms with Crippen LogP contribution in [0.5, 0.6) is 11.5 Å². The second-order valence-electron chi connectivity index (χ2n) is 6.54. The number of benzene rings is 1. The summed E-state index contributed by atoms with van der Waals surface area (Å²) in [5.41, 5.74) is 1.66. The molecule has 160 valence electrons. The Labute approximate surface area is 167 Å². The number of rotatable bonds is 8. The number of aliphatic imine (C=N–C) groups is 1. The molecule has 1 aromatic heterocycles. The van der Waals surface area contributed by atoms with E-state index in [2.05, 4.69) is 20.8 Å². The first-order chi connectivity index (χ1) is 13.7. The molecule has 10 heteroatoms. The molecule has 0 unspecified atom stereocenters. The molecule has 0 spiro atoms. The molecular formula is C19H25F3N4O3. The van der Waals surface area contributed by atoms with Crippen molar-refractivity contribution in [3.63, 3.8) is 0 Å². The van der Waals surface area contributed by atoms with Crippen LogP contribution in [-0.4, -0.2) is 38.1 Å². The molecule has 1 aromatic carbocycles. The van der Waals surface area contributed by atoms with E-state index >= 15 is 0 Å². The molecule has 0 saturated heterocycles. The second kappa shape index (κ2) is 10.0. The van der Waals surface area contributed by atoms with Crippen molar-refractivity contribution in [1.82, 2.24) is 15.8 Å². The maximum atomic E-state index is 12.3. The molecule has 0 aliphatic carbocycles. The highest BCUT2D eigenvalue weighted by molar-refractivity contribution is 5.79. The van der Waals surface area contributed by atoms with Gasteiger partial charge in [0.2, 0.25) is 0 Å². The number of ether oxygens (including phenoxy) is 2. The molecule has 0 aliphatic heterocycles. The van der Waals surface area contributed by atoms with Gasteiger partial charge in [-0.05, 0) is 23.6 Å². The summed E-state index contributed by atoms with van der Waals surface area (Å²) in [6, 6.07) is 6.59. The smallest absolute Gasteiger partial charge is 0.422 e. The number of alkyl halides is 3. The topological polar surface area (TPSA) is 80.9 Å². The molecule has 0 saturated carbocycles. The van der Waals surface area contributed by atoms with Gasteiger partial charge in [-0.25, -0.2) is 0 Å². The van der Waals surface area contributed by atoms with Gasteiger partial charge in [-0.3, -0.25) is 4.99 Å². The van der Waals surface area contributed by atoms with E-state index in [1.807, 2.05) is 19.9 Å². The van der Waals surface area contributed by atoms with Crippen LogP contribution in [0.15, 0.2) is 33.8 Å². The SMILES string of the molecule is CN=C(NCc1ccc(OCC(F)(F)F)c(OC)c1)NCc1cc(C(C)C)no1. The minimum absolute atomic E-state index is 0.0300. The Kier molecular flexibility index (Phi) is 7.74. The van der Waals surface area contributed by atoms with Crippen molar-refractivity contribution in [3.05, 3.63) is 41.3 Å². The van der Waals surface area contributed by atoms with Gasteiger partial charge in [-0.2, -0.15) is 13.2 Å². The lowest BCUT2D eigenvalue weighted by Gasteiger charge is -2.15. The normalized spacial score (nSPS) is 12.2. The summed E-state index contributed by atoms with van der Waals surface area (Å²) in [7, 11) is 3.00. The largest absolute Gasteiger partial charge is 0.493 e. The molecule has 29 heavy (non-hydrogen) atoms. The Morgan fingerprint density at radius 2 is 1.90 bits per heavy atom. The highest BCUT2D eigenvalue weighted by Crippen LogP contribution is 2.29. The van der Waals surface area contributed by atoms with Crippen LogP contribution >= 0.6 is 0 Å². The van der Waals surface area contributed by atoms with Crippen molar-refractivity contribution in [2.24, 2.45) is 4.99 Å². The number of halogens is 3. The second-order valence-corrected chi connectivity index (χ2v) is 6.54. The number of methoxy groups -OCH3 is 1. The van der Waals surface area contributed by atoms with Crippen molar-refractivity contribution >= 4 is 5.96 Å². The fraction of sp³-hybridized carbons (Fsp3) is 0.474. The molecule has 1 heterocycles. The number of nitrogens with one attached hydrogen (secondary N) is 2. The number of guanidine groups is 1. The quantitative estimate of drug-likeness (QED) is 0.507. The van der Waals surface area contributed by atoms with Gasteiger partial charge in [-0.1, -0.05) is 25.1 Å². The molecule has 0 radical (unpaired) electrons. The van der Waals surface area contributed by atoms with Crippen LogP contribution in [0.4, 0.5) is 13.2 Å². The Hall–Kier alpha value is -2.91. The molecule has 2 rings (SSSR count). The van der Waals surface area contributed by atoms with E-state index in [-0.39, 0.29) is 17.4 Å². The number of aromatic nitrogens is 1. The predicted molar refractivity (Wildman–Crippen MR) is 102 cm³/mol. The molecule has 0 fully saturated rings. The highest BCUT2D eigenvalue weighted by Gasteiger charge is 2.29. The summed E-state index contributed by atoms with van der Waals surface area (Å²) < 4.78 is 52.2. The summed E-state index contributed by atoms with van der Waals surface area (Å²) in [4.78, 5) is 4.13. The average molecular weight is 414 g/mol. The molecule has 2 aromatic rings.